The van der Waals surface area contributed by atoms with Crippen LogP contribution in [0.4, 0.5) is 0 Å². The predicted molar refractivity (Wildman–Crippen MR) is 118 cm³/mol. The molecule has 1 aromatic rings. The van der Waals surface area contributed by atoms with E-state index in [1.807, 2.05) is 10.3 Å². The molecule has 0 aliphatic carbocycles. The van der Waals surface area contributed by atoms with E-state index in [9.17, 15) is 9.59 Å². The number of hydrogen-bond donors (Lipinski definition) is 2. The molecule has 2 aliphatic heterocycles. The van der Waals surface area contributed by atoms with E-state index in [2.05, 4.69) is 36.4 Å². The highest BCUT2D eigenvalue weighted by molar-refractivity contribution is 7.10. The number of thiazole rings is 1. The Hall–Kier alpha value is -0.890. The van der Waals surface area contributed by atoms with Crippen molar-refractivity contribution in [2.75, 3.05) is 26.2 Å². The van der Waals surface area contributed by atoms with E-state index in [0.29, 0.717) is 24.7 Å². The van der Waals surface area contributed by atoms with Crippen molar-refractivity contribution in [2.45, 2.75) is 57.9 Å². The summed E-state index contributed by atoms with van der Waals surface area (Å²) in [7, 11) is 0. The number of carbonyl (C=O) groups is 2. The maximum atomic E-state index is 12.8. The largest absolute Gasteiger partial charge is 0.354 e. The van der Waals surface area contributed by atoms with Gasteiger partial charge in [-0.15, -0.1) is 36.2 Å². The first-order valence-corrected chi connectivity index (χ1v) is 10.5. The molecule has 1 aromatic heterocycles. The molecular formula is C19H32Cl2N4O2S. The van der Waals surface area contributed by atoms with Crippen molar-refractivity contribution in [1.82, 2.24) is 20.5 Å². The molecule has 0 aromatic carbocycles. The predicted octanol–water partition coefficient (Wildman–Crippen LogP) is 3.00. The van der Waals surface area contributed by atoms with E-state index in [-0.39, 0.29) is 48.1 Å². The Kier molecular flexibility index (Phi) is 9.67. The van der Waals surface area contributed by atoms with Crippen LogP contribution in [0.25, 0.3) is 0 Å². The molecule has 0 saturated carbocycles. The van der Waals surface area contributed by atoms with Gasteiger partial charge in [0.05, 0.1) is 11.0 Å². The summed E-state index contributed by atoms with van der Waals surface area (Å²) < 4.78 is 0. The second-order valence-electron chi connectivity index (χ2n) is 8.44. The number of hydrogen-bond acceptors (Lipinski definition) is 5. The van der Waals surface area contributed by atoms with Crippen LogP contribution in [-0.2, 0) is 10.2 Å². The van der Waals surface area contributed by atoms with Gasteiger partial charge in [-0.05, 0) is 38.1 Å². The first kappa shape index (κ1) is 25.1. The molecular weight excluding hydrogens is 419 g/mol. The summed E-state index contributed by atoms with van der Waals surface area (Å²) in [5.41, 5.74) is 0.520. The summed E-state index contributed by atoms with van der Waals surface area (Å²) in [5.74, 6) is 0.435. The Morgan fingerprint density at radius 2 is 2.04 bits per heavy atom. The third-order valence-corrected chi connectivity index (χ3v) is 6.38. The van der Waals surface area contributed by atoms with Gasteiger partial charge in [0.1, 0.15) is 5.69 Å². The Morgan fingerprint density at radius 3 is 2.64 bits per heavy atom. The van der Waals surface area contributed by atoms with Crippen molar-refractivity contribution in [3.63, 3.8) is 0 Å². The molecule has 6 nitrogen and oxygen atoms in total. The highest BCUT2D eigenvalue weighted by atomic mass is 35.5. The molecule has 0 radical (unpaired) electrons. The molecule has 3 rings (SSSR count). The maximum Gasteiger partial charge on any atom is 0.273 e. The summed E-state index contributed by atoms with van der Waals surface area (Å²) in [6.45, 7) is 9.37. The van der Waals surface area contributed by atoms with Crippen LogP contribution in [-0.4, -0.2) is 53.9 Å². The Morgan fingerprint density at radius 1 is 1.29 bits per heavy atom. The minimum atomic E-state index is -0.0397. The van der Waals surface area contributed by atoms with Gasteiger partial charge >= 0.3 is 0 Å². The van der Waals surface area contributed by atoms with E-state index in [1.165, 1.54) is 0 Å². The van der Waals surface area contributed by atoms with Crippen LogP contribution in [0.3, 0.4) is 0 Å². The SMILES string of the molecule is CC(C)(C)c1nc(C(=O)N2CCCC(CNC(=O)C3CCCN3)C2)cs1.Cl.Cl. The molecule has 0 spiro atoms. The van der Waals surface area contributed by atoms with Crippen molar-refractivity contribution in [1.29, 1.82) is 0 Å². The molecule has 9 heteroatoms. The van der Waals surface area contributed by atoms with Gasteiger partial charge in [0, 0.05) is 30.4 Å². The lowest BCUT2D eigenvalue weighted by atomic mass is 9.97. The van der Waals surface area contributed by atoms with Crippen LogP contribution in [0.5, 0.6) is 0 Å². The number of carbonyl (C=O) groups excluding carboxylic acids is 2. The number of aromatic nitrogens is 1. The number of piperidine rings is 1. The first-order chi connectivity index (χ1) is 12.3. The summed E-state index contributed by atoms with van der Waals surface area (Å²) in [6.07, 6.45) is 4.01. The monoisotopic (exact) mass is 450 g/mol. The molecule has 2 amide bonds. The summed E-state index contributed by atoms with van der Waals surface area (Å²) in [5, 5.41) is 9.15. The average molecular weight is 451 g/mol. The van der Waals surface area contributed by atoms with Crippen LogP contribution < -0.4 is 10.6 Å². The van der Waals surface area contributed by atoms with Crippen LogP contribution in [0.1, 0.15) is 62.0 Å². The highest BCUT2D eigenvalue weighted by Gasteiger charge is 2.28. The maximum absolute atomic E-state index is 12.8. The molecule has 2 N–H and O–H groups in total. The Labute approximate surface area is 184 Å². The molecule has 2 unspecified atom stereocenters. The van der Waals surface area contributed by atoms with Gasteiger partial charge in [-0.3, -0.25) is 9.59 Å². The molecule has 3 heterocycles. The fourth-order valence-electron chi connectivity index (χ4n) is 3.57. The average Bonchev–Trinajstić information content (AvgIpc) is 3.30. The molecule has 0 bridgehead atoms. The summed E-state index contributed by atoms with van der Waals surface area (Å²) in [6, 6.07) is -0.0397. The topological polar surface area (TPSA) is 74.3 Å². The second-order valence-corrected chi connectivity index (χ2v) is 9.30. The standard InChI is InChI=1S/C19H30N4O2S.2ClH/c1-19(2,3)18-22-15(12-26-18)17(25)23-9-5-6-13(11-23)10-21-16(24)14-7-4-8-20-14;;/h12-14,20H,4-11H2,1-3H3,(H,21,24);2*1H. The van der Waals surface area contributed by atoms with Gasteiger partial charge in [-0.2, -0.15) is 0 Å². The van der Waals surface area contributed by atoms with Gasteiger partial charge in [-0.25, -0.2) is 4.98 Å². The Bertz CT molecular complexity index is 657. The quantitative estimate of drug-likeness (QED) is 0.738. The van der Waals surface area contributed by atoms with Crippen molar-refractivity contribution < 1.29 is 9.59 Å². The lowest BCUT2D eigenvalue weighted by Crippen LogP contribution is -2.46. The van der Waals surface area contributed by atoms with Crippen molar-refractivity contribution >= 4 is 48.0 Å². The molecule has 160 valence electrons. The number of halogens is 2. The van der Waals surface area contributed by atoms with Crippen molar-refractivity contribution in [2.24, 2.45) is 5.92 Å². The Balaban J connectivity index is 0.00000196. The summed E-state index contributed by atoms with van der Waals surface area (Å²) in [4.78, 5) is 31.4. The molecule has 2 fully saturated rings. The first-order valence-electron chi connectivity index (χ1n) is 9.61. The van der Waals surface area contributed by atoms with Gasteiger partial charge in [0.2, 0.25) is 5.91 Å². The van der Waals surface area contributed by atoms with E-state index in [0.717, 1.165) is 43.8 Å². The number of amides is 2. The zero-order chi connectivity index (χ0) is 18.7. The van der Waals surface area contributed by atoms with Crippen molar-refractivity contribution in [3.05, 3.63) is 16.1 Å². The number of rotatable bonds is 4. The minimum absolute atomic E-state index is 0. The molecule has 2 aliphatic rings. The minimum Gasteiger partial charge on any atom is -0.354 e. The van der Waals surface area contributed by atoms with E-state index < -0.39 is 0 Å². The van der Waals surface area contributed by atoms with E-state index in [1.54, 1.807) is 11.3 Å². The third-order valence-electron chi connectivity index (χ3n) is 5.11. The van der Waals surface area contributed by atoms with Crippen LogP contribution in [0, 0.1) is 5.92 Å². The van der Waals surface area contributed by atoms with Crippen molar-refractivity contribution in [3.8, 4) is 0 Å². The fourth-order valence-corrected chi connectivity index (χ4v) is 4.45. The number of nitrogens with one attached hydrogen (secondary N) is 2. The van der Waals surface area contributed by atoms with E-state index in [4.69, 9.17) is 0 Å². The zero-order valence-electron chi connectivity index (χ0n) is 16.8. The lowest BCUT2D eigenvalue weighted by Gasteiger charge is -2.32. The highest BCUT2D eigenvalue weighted by Crippen LogP contribution is 2.27. The molecule has 2 saturated heterocycles. The van der Waals surface area contributed by atoms with Gasteiger partial charge in [0.15, 0.2) is 0 Å². The van der Waals surface area contributed by atoms with Crippen LogP contribution in [0.2, 0.25) is 0 Å². The summed E-state index contributed by atoms with van der Waals surface area (Å²) >= 11 is 1.56. The zero-order valence-corrected chi connectivity index (χ0v) is 19.3. The lowest BCUT2D eigenvalue weighted by molar-refractivity contribution is -0.123. The van der Waals surface area contributed by atoms with E-state index >= 15 is 0 Å². The normalized spacial score (nSPS) is 22.2. The number of likely N-dealkylation sites (tertiary alicyclic amines) is 1. The van der Waals surface area contributed by atoms with Crippen LogP contribution in [0.15, 0.2) is 5.38 Å². The van der Waals surface area contributed by atoms with Gasteiger partial charge in [-0.1, -0.05) is 20.8 Å². The van der Waals surface area contributed by atoms with Gasteiger partial charge in [0.25, 0.3) is 5.91 Å². The number of nitrogens with zero attached hydrogens (tertiary/aromatic N) is 2. The third kappa shape index (κ3) is 6.31. The molecule has 2 atom stereocenters. The second kappa shape index (κ2) is 10.8. The molecule has 28 heavy (non-hydrogen) atoms. The van der Waals surface area contributed by atoms with Gasteiger partial charge < -0.3 is 15.5 Å². The fraction of sp³-hybridized carbons (Fsp3) is 0.737. The van der Waals surface area contributed by atoms with Crippen LogP contribution >= 0.6 is 36.2 Å². The smallest absolute Gasteiger partial charge is 0.273 e.